The Morgan fingerprint density at radius 2 is 2.05 bits per heavy atom. The van der Waals surface area contributed by atoms with E-state index >= 15 is 0 Å². The highest BCUT2D eigenvalue weighted by Crippen LogP contribution is 2.26. The molecule has 6 nitrogen and oxygen atoms in total. The van der Waals surface area contributed by atoms with Crippen LogP contribution in [0.5, 0.6) is 11.6 Å². The van der Waals surface area contributed by atoms with Crippen LogP contribution in [0.3, 0.4) is 0 Å². The van der Waals surface area contributed by atoms with Gasteiger partial charge in [0.15, 0.2) is 11.6 Å². The fraction of sp³-hybridized carbons (Fsp3) is 0.0833. The van der Waals surface area contributed by atoms with Crippen LogP contribution in [-0.4, -0.2) is 23.0 Å². The molecule has 0 aliphatic rings. The van der Waals surface area contributed by atoms with Crippen LogP contribution >= 0.6 is 0 Å². The number of nitrogens with two attached hydrogens (primary N) is 1. The number of nitrogen functional groups attached to an aromatic ring is 1. The van der Waals surface area contributed by atoms with Crippen molar-refractivity contribution in [1.82, 2.24) is 9.97 Å². The molecule has 0 bridgehead atoms. The lowest BCUT2D eigenvalue weighted by Crippen LogP contribution is -2.07. The fourth-order valence-corrected chi connectivity index (χ4v) is 1.32. The number of esters is 1. The predicted octanol–water partition coefficient (Wildman–Crippen LogP) is 1.92. The van der Waals surface area contributed by atoms with Gasteiger partial charge in [-0.1, -0.05) is 0 Å². The molecule has 0 atom stereocenters. The number of carbonyl (C=O) groups excluding carboxylic acids is 1. The van der Waals surface area contributed by atoms with Crippen molar-refractivity contribution < 1.29 is 23.0 Å². The van der Waals surface area contributed by atoms with Crippen LogP contribution in [-0.2, 0) is 4.74 Å². The van der Waals surface area contributed by atoms with Crippen molar-refractivity contribution in [3.8, 4) is 11.6 Å². The number of carbonyl (C=O) groups is 1. The molecule has 0 saturated carbocycles. The lowest BCUT2D eigenvalue weighted by molar-refractivity contribution is 0.0585. The molecular weight excluding hydrogens is 272 g/mol. The summed E-state index contributed by atoms with van der Waals surface area (Å²) in [6.45, 7) is 0. The van der Waals surface area contributed by atoms with Gasteiger partial charge in [-0.3, -0.25) is 0 Å². The number of methoxy groups -OCH3 is 1. The molecule has 8 heteroatoms. The first-order valence-corrected chi connectivity index (χ1v) is 5.35. The molecule has 0 amide bonds. The van der Waals surface area contributed by atoms with E-state index in [4.69, 9.17) is 10.5 Å². The lowest BCUT2D eigenvalue weighted by atomic mass is 10.3. The van der Waals surface area contributed by atoms with E-state index < -0.39 is 23.4 Å². The predicted molar refractivity (Wildman–Crippen MR) is 64.2 cm³/mol. The number of halogens is 2. The molecule has 0 aliphatic carbocycles. The van der Waals surface area contributed by atoms with Crippen molar-refractivity contribution in [2.75, 3.05) is 12.8 Å². The lowest BCUT2D eigenvalue weighted by Gasteiger charge is -2.07. The van der Waals surface area contributed by atoms with Gasteiger partial charge < -0.3 is 15.2 Å². The molecule has 0 fully saturated rings. The Balaban J connectivity index is 2.31. The molecule has 20 heavy (non-hydrogen) atoms. The van der Waals surface area contributed by atoms with Crippen molar-refractivity contribution in [3.63, 3.8) is 0 Å². The van der Waals surface area contributed by atoms with Crippen molar-refractivity contribution in [3.05, 3.63) is 41.9 Å². The summed E-state index contributed by atoms with van der Waals surface area (Å²) >= 11 is 0. The zero-order valence-electron chi connectivity index (χ0n) is 10.3. The maximum absolute atomic E-state index is 13.5. The first-order valence-electron chi connectivity index (χ1n) is 5.35. The third-order valence-electron chi connectivity index (χ3n) is 2.26. The average Bonchev–Trinajstić information content (AvgIpc) is 2.44. The fourth-order valence-electron chi connectivity index (χ4n) is 1.32. The van der Waals surface area contributed by atoms with Crippen LogP contribution < -0.4 is 10.5 Å². The molecule has 0 unspecified atom stereocenters. The van der Waals surface area contributed by atoms with Crippen LogP contribution in [0.2, 0.25) is 0 Å². The Bertz CT molecular complexity index is 664. The summed E-state index contributed by atoms with van der Waals surface area (Å²) in [5.41, 5.74) is 4.87. The van der Waals surface area contributed by atoms with Gasteiger partial charge in [-0.25, -0.2) is 18.6 Å². The van der Waals surface area contributed by atoms with Gasteiger partial charge in [0.05, 0.1) is 12.8 Å². The number of benzene rings is 1. The summed E-state index contributed by atoms with van der Waals surface area (Å²) in [5, 5.41) is 0. The summed E-state index contributed by atoms with van der Waals surface area (Å²) in [4.78, 5) is 18.6. The van der Waals surface area contributed by atoms with Gasteiger partial charge in [-0.05, 0) is 0 Å². The van der Waals surface area contributed by atoms with E-state index in [9.17, 15) is 13.6 Å². The maximum Gasteiger partial charge on any atom is 0.376 e. The molecular formula is C12H9F2N3O3. The monoisotopic (exact) mass is 281 g/mol. The van der Waals surface area contributed by atoms with Crippen molar-refractivity contribution in [2.45, 2.75) is 0 Å². The number of rotatable bonds is 3. The minimum Gasteiger partial charge on any atom is -0.463 e. The van der Waals surface area contributed by atoms with Gasteiger partial charge in [0.1, 0.15) is 5.82 Å². The third kappa shape index (κ3) is 2.79. The third-order valence-corrected chi connectivity index (χ3v) is 2.26. The molecule has 104 valence electrons. The zero-order chi connectivity index (χ0) is 14.7. The topological polar surface area (TPSA) is 87.3 Å². The highest BCUT2D eigenvalue weighted by molar-refractivity contribution is 5.85. The molecule has 2 aromatic rings. The summed E-state index contributed by atoms with van der Waals surface area (Å²) in [6, 6.07) is 2.85. The van der Waals surface area contributed by atoms with Crippen LogP contribution in [0, 0.1) is 11.6 Å². The van der Waals surface area contributed by atoms with Gasteiger partial charge in [-0.15, -0.1) is 0 Å². The van der Waals surface area contributed by atoms with Gasteiger partial charge in [0, 0.05) is 24.4 Å². The number of hydrogen-bond donors (Lipinski definition) is 1. The van der Waals surface area contributed by atoms with Gasteiger partial charge in [0.25, 0.3) is 0 Å². The highest BCUT2D eigenvalue weighted by Gasteiger charge is 2.13. The van der Waals surface area contributed by atoms with Crippen LogP contribution in [0.15, 0.2) is 24.4 Å². The van der Waals surface area contributed by atoms with Crippen LogP contribution in [0.25, 0.3) is 0 Å². The second-order valence-electron chi connectivity index (χ2n) is 3.62. The molecule has 0 radical (unpaired) electrons. The SMILES string of the molecule is COC(=O)c1nccc(Oc2cc(F)c(N)cc2F)n1. The van der Waals surface area contributed by atoms with Gasteiger partial charge in [0.2, 0.25) is 11.7 Å². The number of ether oxygens (including phenoxy) is 2. The molecule has 0 aliphatic heterocycles. The Morgan fingerprint density at radius 3 is 2.75 bits per heavy atom. The van der Waals surface area contributed by atoms with E-state index in [-0.39, 0.29) is 17.4 Å². The number of anilines is 1. The Hall–Kier alpha value is -2.77. The van der Waals surface area contributed by atoms with E-state index in [0.717, 1.165) is 19.2 Å². The zero-order valence-corrected chi connectivity index (χ0v) is 10.3. The van der Waals surface area contributed by atoms with Crippen molar-refractivity contribution in [1.29, 1.82) is 0 Å². The van der Waals surface area contributed by atoms with E-state index in [1.165, 1.54) is 12.3 Å². The van der Waals surface area contributed by atoms with Crippen molar-refractivity contribution >= 4 is 11.7 Å². The van der Waals surface area contributed by atoms with E-state index in [1.807, 2.05) is 0 Å². The number of aromatic nitrogens is 2. The Morgan fingerprint density at radius 1 is 1.30 bits per heavy atom. The smallest absolute Gasteiger partial charge is 0.376 e. The van der Waals surface area contributed by atoms with Gasteiger partial charge >= 0.3 is 5.97 Å². The van der Waals surface area contributed by atoms with Gasteiger partial charge in [-0.2, -0.15) is 4.98 Å². The second kappa shape index (κ2) is 5.47. The van der Waals surface area contributed by atoms with Crippen molar-refractivity contribution in [2.24, 2.45) is 0 Å². The number of nitrogens with zero attached hydrogens (tertiary/aromatic N) is 2. The van der Waals surface area contributed by atoms with E-state index in [2.05, 4.69) is 14.7 Å². The number of hydrogen-bond acceptors (Lipinski definition) is 6. The molecule has 0 saturated heterocycles. The molecule has 2 N–H and O–H groups in total. The Labute approximate surface area is 112 Å². The normalized spacial score (nSPS) is 10.2. The first kappa shape index (κ1) is 13.7. The van der Waals surface area contributed by atoms with Crippen LogP contribution in [0.4, 0.5) is 14.5 Å². The summed E-state index contributed by atoms with van der Waals surface area (Å²) in [5.74, 6) is -3.28. The minimum atomic E-state index is -0.859. The maximum atomic E-state index is 13.5. The minimum absolute atomic E-state index is 0.136. The summed E-state index contributed by atoms with van der Waals surface area (Å²) in [6.07, 6.45) is 1.22. The average molecular weight is 281 g/mol. The van der Waals surface area contributed by atoms with E-state index in [1.54, 1.807) is 0 Å². The molecule has 1 aromatic carbocycles. The quantitative estimate of drug-likeness (QED) is 0.683. The first-order chi connectivity index (χ1) is 9.51. The second-order valence-corrected chi connectivity index (χ2v) is 3.62. The van der Waals surface area contributed by atoms with E-state index in [0.29, 0.717) is 0 Å². The molecule has 1 aromatic heterocycles. The molecule has 0 spiro atoms. The molecule has 2 rings (SSSR count). The van der Waals surface area contributed by atoms with Crippen LogP contribution in [0.1, 0.15) is 10.6 Å². The Kier molecular flexibility index (Phi) is 3.74. The summed E-state index contributed by atoms with van der Waals surface area (Å²) in [7, 11) is 1.16. The highest BCUT2D eigenvalue weighted by atomic mass is 19.1. The summed E-state index contributed by atoms with van der Waals surface area (Å²) < 4.78 is 36.3. The largest absolute Gasteiger partial charge is 0.463 e. The molecule has 1 heterocycles. The standard InChI is InChI=1S/C12H9F2N3O3/c1-19-12(18)11-16-3-2-10(17-11)20-9-5-6(13)8(15)4-7(9)14/h2-5H,15H2,1H3.